The van der Waals surface area contributed by atoms with E-state index in [9.17, 15) is 8.42 Å². The van der Waals surface area contributed by atoms with E-state index < -0.39 is 10.0 Å². The quantitative estimate of drug-likeness (QED) is 0.671. The third kappa shape index (κ3) is 4.29. The Hall–Kier alpha value is -0.920. The summed E-state index contributed by atoms with van der Waals surface area (Å²) in [6, 6.07) is 0. The maximum absolute atomic E-state index is 12.4. The van der Waals surface area contributed by atoms with Crippen molar-refractivity contribution in [3.63, 3.8) is 0 Å². The second-order valence-corrected chi connectivity index (χ2v) is 6.45. The van der Waals surface area contributed by atoms with E-state index in [-0.39, 0.29) is 18.0 Å². The summed E-state index contributed by atoms with van der Waals surface area (Å²) >= 11 is 0. The molecule has 0 fully saturated rings. The molecule has 1 aromatic rings. The molecular weight excluding hydrogens is 266 g/mol. The molecule has 0 saturated heterocycles. The van der Waals surface area contributed by atoms with Crippen LogP contribution in [0.3, 0.4) is 0 Å². The highest BCUT2D eigenvalue weighted by molar-refractivity contribution is 7.89. The van der Waals surface area contributed by atoms with Gasteiger partial charge in [0.25, 0.3) is 0 Å². The average Bonchev–Trinajstić information content (AvgIpc) is 2.80. The molecule has 0 saturated carbocycles. The lowest BCUT2D eigenvalue weighted by Gasteiger charge is -2.20. The lowest BCUT2D eigenvalue weighted by Crippen LogP contribution is -2.34. The molecule has 0 unspecified atom stereocenters. The van der Waals surface area contributed by atoms with Gasteiger partial charge in [0, 0.05) is 13.1 Å². The van der Waals surface area contributed by atoms with E-state index in [4.69, 9.17) is 5.11 Å². The number of nitrogens with zero attached hydrogens (tertiary/aromatic N) is 2. The number of hydrogen-bond donors (Lipinski definition) is 2. The molecule has 0 spiro atoms. The first kappa shape index (κ1) is 16.1. The molecule has 110 valence electrons. The molecule has 1 rings (SSSR count). The van der Waals surface area contributed by atoms with Crippen LogP contribution >= 0.6 is 0 Å². The molecule has 0 atom stereocenters. The summed E-state index contributed by atoms with van der Waals surface area (Å²) in [6.45, 7) is 4.17. The molecule has 19 heavy (non-hydrogen) atoms. The minimum atomic E-state index is -3.56. The monoisotopic (exact) mass is 289 g/mol. The van der Waals surface area contributed by atoms with Crippen molar-refractivity contribution in [2.24, 2.45) is 0 Å². The van der Waals surface area contributed by atoms with Crippen LogP contribution in [0, 0.1) is 6.92 Å². The SMILES string of the molecule is CCCCCCN(CCO)S(=O)(=O)c1cn[nH]c1C. The van der Waals surface area contributed by atoms with Gasteiger partial charge in [-0.05, 0) is 13.3 Å². The van der Waals surface area contributed by atoms with Gasteiger partial charge in [-0.1, -0.05) is 26.2 Å². The van der Waals surface area contributed by atoms with Crippen molar-refractivity contribution in [2.75, 3.05) is 19.7 Å². The fourth-order valence-electron chi connectivity index (χ4n) is 1.92. The van der Waals surface area contributed by atoms with E-state index in [0.717, 1.165) is 25.7 Å². The molecule has 7 heteroatoms. The number of aliphatic hydroxyl groups excluding tert-OH is 1. The van der Waals surface area contributed by atoms with Gasteiger partial charge in [0.1, 0.15) is 4.90 Å². The Morgan fingerprint density at radius 1 is 1.32 bits per heavy atom. The van der Waals surface area contributed by atoms with Gasteiger partial charge in [-0.15, -0.1) is 0 Å². The fourth-order valence-corrected chi connectivity index (χ4v) is 3.51. The van der Waals surface area contributed by atoms with Crippen LogP contribution in [-0.2, 0) is 10.0 Å². The van der Waals surface area contributed by atoms with Gasteiger partial charge in [0.15, 0.2) is 0 Å². The molecule has 0 radical (unpaired) electrons. The van der Waals surface area contributed by atoms with Crippen LogP contribution in [-0.4, -0.2) is 47.7 Å². The number of rotatable bonds is 9. The zero-order chi connectivity index (χ0) is 14.3. The summed E-state index contributed by atoms with van der Waals surface area (Å²) in [4.78, 5) is 0.191. The van der Waals surface area contributed by atoms with E-state index in [0.29, 0.717) is 12.2 Å². The second-order valence-electron chi connectivity index (χ2n) is 4.55. The zero-order valence-corrected chi connectivity index (χ0v) is 12.4. The van der Waals surface area contributed by atoms with Crippen molar-refractivity contribution in [1.82, 2.24) is 14.5 Å². The fraction of sp³-hybridized carbons (Fsp3) is 0.750. The van der Waals surface area contributed by atoms with Gasteiger partial charge in [0.05, 0.1) is 18.5 Å². The lowest BCUT2D eigenvalue weighted by atomic mass is 10.2. The average molecular weight is 289 g/mol. The van der Waals surface area contributed by atoms with Crippen molar-refractivity contribution in [2.45, 2.75) is 44.4 Å². The summed E-state index contributed by atoms with van der Waals surface area (Å²) < 4.78 is 26.2. The Labute approximate surface area is 114 Å². The third-order valence-electron chi connectivity index (χ3n) is 3.01. The highest BCUT2D eigenvalue weighted by Gasteiger charge is 2.26. The van der Waals surface area contributed by atoms with Crippen molar-refractivity contribution in [3.8, 4) is 0 Å². The van der Waals surface area contributed by atoms with Gasteiger partial charge in [0.2, 0.25) is 10.0 Å². The number of aryl methyl sites for hydroxylation is 1. The topological polar surface area (TPSA) is 86.3 Å². The number of aliphatic hydroxyl groups is 1. The van der Waals surface area contributed by atoms with Crippen LogP contribution in [0.2, 0.25) is 0 Å². The van der Waals surface area contributed by atoms with Gasteiger partial charge in [-0.25, -0.2) is 8.42 Å². The van der Waals surface area contributed by atoms with Crippen molar-refractivity contribution < 1.29 is 13.5 Å². The molecule has 0 bridgehead atoms. The van der Waals surface area contributed by atoms with Crippen LogP contribution in [0.15, 0.2) is 11.1 Å². The summed E-state index contributed by atoms with van der Waals surface area (Å²) in [5.41, 5.74) is 0.525. The number of aromatic nitrogens is 2. The molecule has 2 N–H and O–H groups in total. The summed E-state index contributed by atoms with van der Waals surface area (Å²) in [6.07, 6.45) is 5.33. The normalized spacial score (nSPS) is 12.2. The van der Waals surface area contributed by atoms with E-state index in [1.165, 1.54) is 10.5 Å². The largest absolute Gasteiger partial charge is 0.395 e. The van der Waals surface area contributed by atoms with E-state index in [1.54, 1.807) is 6.92 Å². The first-order valence-electron chi connectivity index (χ1n) is 6.65. The predicted octanol–water partition coefficient (Wildman–Crippen LogP) is 1.28. The number of unbranched alkanes of at least 4 members (excludes halogenated alkanes) is 3. The Bertz CT molecular complexity index is 470. The van der Waals surface area contributed by atoms with Crippen molar-refractivity contribution in [1.29, 1.82) is 0 Å². The Morgan fingerprint density at radius 3 is 2.58 bits per heavy atom. The Morgan fingerprint density at radius 2 is 2.05 bits per heavy atom. The van der Waals surface area contributed by atoms with Crippen molar-refractivity contribution >= 4 is 10.0 Å². The number of hydrogen-bond acceptors (Lipinski definition) is 4. The Kier molecular flexibility index (Phi) is 6.47. The predicted molar refractivity (Wildman–Crippen MR) is 73.3 cm³/mol. The van der Waals surface area contributed by atoms with Gasteiger partial charge >= 0.3 is 0 Å². The summed E-state index contributed by atoms with van der Waals surface area (Å²) in [7, 11) is -3.56. The van der Waals surface area contributed by atoms with Gasteiger partial charge in [-0.2, -0.15) is 9.40 Å². The maximum atomic E-state index is 12.4. The minimum absolute atomic E-state index is 0.124. The molecule has 0 aliphatic heterocycles. The second kappa shape index (κ2) is 7.62. The van der Waals surface area contributed by atoms with Crippen LogP contribution in [0.4, 0.5) is 0 Å². The molecule has 6 nitrogen and oxygen atoms in total. The van der Waals surface area contributed by atoms with Gasteiger partial charge in [-0.3, -0.25) is 5.10 Å². The molecule has 0 aliphatic rings. The summed E-state index contributed by atoms with van der Waals surface area (Å²) in [5.74, 6) is 0. The van der Waals surface area contributed by atoms with Crippen LogP contribution in [0.1, 0.15) is 38.3 Å². The molecular formula is C12H23N3O3S. The van der Waals surface area contributed by atoms with Crippen LogP contribution < -0.4 is 0 Å². The number of nitrogens with one attached hydrogen (secondary N) is 1. The molecule has 1 heterocycles. The van der Waals surface area contributed by atoms with Crippen LogP contribution in [0.25, 0.3) is 0 Å². The molecule has 0 aliphatic carbocycles. The highest BCUT2D eigenvalue weighted by atomic mass is 32.2. The number of H-pyrrole nitrogens is 1. The number of sulfonamides is 1. The molecule has 0 aromatic carbocycles. The molecule has 0 amide bonds. The van der Waals surface area contributed by atoms with Gasteiger partial charge < -0.3 is 5.11 Å². The Balaban J connectivity index is 2.77. The molecule has 1 aromatic heterocycles. The first-order chi connectivity index (χ1) is 9.04. The van der Waals surface area contributed by atoms with Crippen molar-refractivity contribution in [3.05, 3.63) is 11.9 Å². The summed E-state index contributed by atoms with van der Waals surface area (Å²) in [5, 5.41) is 15.4. The highest BCUT2D eigenvalue weighted by Crippen LogP contribution is 2.18. The van der Waals surface area contributed by atoms with E-state index >= 15 is 0 Å². The third-order valence-corrected chi connectivity index (χ3v) is 5.02. The van der Waals surface area contributed by atoms with E-state index in [2.05, 4.69) is 17.1 Å². The smallest absolute Gasteiger partial charge is 0.246 e. The van der Waals surface area contributed by atoms with E-state index in [1.807, 2.05) is 0 Å². The van der Waals surface area contributed by atoms with Crippen LogP contribution in [0.5, 0.6) is 0 Å². The standard InChI is InChI=1S/C12H23N3O3S/c1-3-4-5-6-7-15(8-9-16)19(17,18)12-10-13-14-11(12)2/h10,16H,3-9H2,1-2H3,(H,13,14). The maximum Gasteiger partial charge on any atom is 0.246 e. The number of aromatic amines is 1. The first-order valence-corrected chi connectivity index (χ1v) is 8.09. The lowest BCUT2D eigenvalue weighted by molar-refractivity contribution is 0.251. The minimum Gasteiger partial charge on any atom is -0.395 e. The zero-order valence-electron chi connectivity index (χ0n) is 11.6.